The predicted molar refractivity (Wildman–Crippen MR) is 165 cm³/mol. The van der Waals surface area contributed by atoms with Crippen molar-refractivity contribution in [2.75, 3.05) is 0 Å². The number of aromatic nitrogens is 4. The molecule has 2 aliphatic rings. The SMILES string of the molecule is [Zn+2].c1ccc2c(c1)-c1cc3[nH]c(cc4nc(cc5[nH]c(cc-2n1)c1ccccc51)-c1ccccc1-4)c1ccccc31. The molecule has 186 valence electrons. The first kappa shape index (κ1) is 24.0. The van der Waals surface area contributed by atoms with Crippen LogP contribution in [0.2, 0.25) is 0 Å². The van der Waals surface area contributed by atoms with E-state index in [1.54, 1.807) is 0 Å². The van der Waals surface area contributed by atoms with Crippen LogP contribution in [-0.4, -0.2) is 19.9 Å². The quantitative estimate of drug-likeness (QED) is 0.177. The van der Waals surface area contributed by atoms with Crippen LogP contribution in [0.3, 0.4) is 0 Å². The van der Waals surface area contributed by atoms with Crippen LogP contribution in [0.4, 0.5) is 0 Å². The minimum atomic E-state index is 0. The first-order chi connectivity index (χ1) is 19.8. The van der Waals surface area contributed by atoms with Gasteiger partial charge in [-0.2, -0.15) is 0 Å². The summed E-state index contributed by atoms with van der Waals surface area (Å²) < 4.78 is 0. The number of fused-ring (bicyclic) bond motifs is 20. The van der Waals surface area contributed by atoms with Crippen molar-refractivity contribution in [2.45, 2.75) is 0 Å². The number of nitrogens with one attached hydrogen (secondary N) is 2. The fourth-order valence-corrected chi connectivity index (χ4v) is 6.27. The van der Waals surface area contributed by atoms with Crippen molar-refractivity contribution in [3.63, 3.8) is 0 Å². The zero-order valence-corrected chi connectivity index (χ0v) is 25.1. The number of H-pyrrole nitrogens is 2. The van der Waals surface area contributed by atoms with E-state index in [1.165, 1.54) is 0 Å². The molecule has 0 unspecified atom stereocenters. The van der Waals surface area contributed by atoms with E-state index in [-0.39, 0.29) is 19.5 Å². The van der Waals surface area contributed by atoms with Gasteiger partial charge in [-0.05, 0) is 24.3 Å². The first-order valence-corrected chi connectivity index (χ1v) is 13.5. The minimum Gasteiger partial charge on any atom is -0.354 e. The Morgan fingerprint density at radius 3 is 0.854 bits per heavy atom. The molecule has 41 heavy (non-hydrogen) atoms. The number of rotatable bonds is 0. The van der Waals surface area contributed by atoms with Crippen molar-refractivity contribution < 1.29 is 19.5 Å². The van der Waals surface area contributed by atoms with Crippen molar-refractivity contribution in [1.82, 2.24) is 19.9 Å². The molecule has 8 bridgehead atoms. The molecular weight excluding hydrogens is 554 g/mol. The first-order valence-electron chi connectivity index (χ1n) is 13.5. The molecule has 0 saturated heterocycles. The number of aromatic amines is 2. The molecule has 7 aromatic rings. The van der Waals surface area contributed by atoms with Crippen molar-refractivity contribution >= 4 is 43.6 Å². The molecular formula is C36H22N4Zn+2. The summed E-state index contributed by atoms with van der Waals surface area (Å²) in [5.41, 5.74) is 12.5. The molecule has 5 heteroatoms. The van der Waals surface area contributed by atoms with Crippen LogP contribution < -0.4 is 0 Å². The maximum Gasteiger partial charge on any atom is 2.00 e. The molecule has 4 aromatic carbocycles. The smallest absolute Gasteiger partial charge is 0.354 e. The van der Waals surface area contributed by atoms with Gasteiger partial charge in [-0.1, -0.05) is 97.1 Å². The summed E-state index contributed by atoms with van der Waals surface area (Å²) >= 11 is 0. The molecule has 0 fully saturated rings. The van der Waals surface area contributed by atoms with Crippen LogP contribution in [0.5, 0.6) is 0 Å². The fourth-order valence-electron chi connectivity index (χ4n) is 6.27. The Balaban J connectivity index is 0.00000256. The topological polar surface area (TPSA) is 57.4 Å². The number of benzene rings is 4. The van der Waals surface area contributed by atoms with Gasteiger partial charge < -0.3 is 9.97 Å². The largest absolute Gasteiger partial charge is 2.00 e. The predicted octanol–water partition coefficient (Wildman–Crippen LogP) is 9.29. The van der Waals surface area contributed by atoms with Crippen molar-refractivity contribution in [1.29, 1.82) is 0 Å². The summed E-state index contributed by atoms with van der Waals surface area (Å²) in [5, 5.41) is 4.66. The molecule has 0 radical (unpaired) electrons. The van der Waals surface area contributed by atoms with Crippen LogP contribution in [-0.2, 0) is 19.5 Å². The van der Waals surface area contributed by atoms with Crippen LogP contribution in [0.15, 0.2) is 121 Å². The van der Waals surface area contributed by atoms with Crippen LogP contribution in [0, 0.1) is 0 Å². The monoisotopic (exact) mass is 574 g/mol. The molecule has 5 heterocycles. The number of nitrogens with zero attached hydrogens (tertiary/aromatic N) is 2. The van der Waals surface area contributed by atoms with Gasteiger partial charge in [0, 0.05) is 65.9 Å². The van der Waals surface area contributed by atoms with E-state index in [0.29, 0.717) is 0 Å². The van der Waals surface area contributed by atoms with Crippen LogP contribution in [0.25, 0.3) is 88.6 Å². The van der Waals surface area contributed by atoms with Gasteiger partial charge in [0.15, 0.2) is 0 Å². The van der Waals surface area contributed by atoms with Gasteiger partial charge in [0.25, 0.3) is 0 Å². The van der Waals surface area contributed by atoms with E-state index >= 15 is 0 Å². The van der Waals surface area contributed by atoms with Gasteiger partial charge in [-0.25, -0.2) is 9.97 Å². The molecule has 3 aromatic heterocycles. The zero-order chi connectivity index (χ0) is 26.2. The van der Waals surface area contributed by atoms with Crippen molar-refractivity contribution in [3.05, 3.63) is 121 Å². The summed E-state index contributed by atoms with van der Waals surface area (Å²) in [6.45, 7) is 0. The Labute approximate surface area is 248 Å². The molecule has 0 spiro atoms. The summed E-state index contributed by atoms with van der Waals surface area (Å²) in [6, 6.07) is 42.7. The molecule has 4 nitrogen and oxygen atoms in total. The Kier molecular flexibility index (Phi) is 5.32. The average molecular weight is 576 g/mol. The van der Waals surface area contributed by atoms with Crippen LogP contribution >= 0.6 is 0 Å². The Morgan fingerprint density at radius 1 is 0.341 bits per heavy atom. The van der Waals surface area contributed by atoms with Gasteiger partial charge >= 0.3 is 19.5 Å². The third-order valence-corrected chi connectivity index (χ3v) is 8.12. The molecule has 0 atom stereocenters. The van der Waals surface area contributed by atoms with Crippen LogP contribution in [0.1, 0.15) is 0 Å². The normalized spacial score (nSPS) is 11.7. The van der Waals surface area contributed by atoms with Gasteiger partial charge in [0.05, 0.1) is 22.8 Å². The second kappa shape index (κ2) is 9.09. The molecule has 0 aliphatic carbocycles. The van der Waals surface area contributed by atoms with Gasteiger partial charge in [0.2, 0.25) is 0 Å². The summed E-state index contributed by atoms with van der Waals surface area (Å²) in [7, 11) is 0. The number of hydrogen-bond donors (Lipinski definition) is 2. The zero-order valence-electron chi connectivity index (χ0n) is 22.1. The van der Waals surface area contributed by atoms with E-state index in [2.05, 4.69) is 131 Å². The summed E-state index contributed by atoms with van der Waals surface area (Å²) in [4.78, 5) is 17.8. The minimum absolute atomic E-state index is 0. The van der Waals surface area contributed by atoms with Gasteiger partial charge in [-0.15, -0.1) is 0 Å². The summed E-state index contributed by atoms with van der Waals surface area (Å²) in [5.74, 6) is 0. The maximum absolute atomic E-state index is 5.17. The Hall–Kier alpha value is -4.86. The van der Waals surface area contributed by atoms with Gasteiger partial charge in [0.1, 0.15) is 0 Å². The third kappa shape index (κ3) is 3.63. The molecule has 0 amide bonds. The molecule has 0 saturated carbocycles. The summed E-state index contributed by atoms with van der Waals surface area (Å²) in [6.07, 6.45) is 0. The van der Waals surface area contributed by atoms with E-state index in [4.69, 9.17) is 9.97 Å². The Morgan fingerprint density at radius 2 is 0.585 bits per heavy atom. The second-order valence-corrected chi connectivity index (χ2v) is 10.4. The standard InChI is InChI=1S/C36H22N4.Zn/c1-2-10-22-21(9-1)29-17-31-23-11-3-4-12-24(23)33(38-31)19-35-27-15-7-8-16-28(27)36(40-35)20-34-26-14-6-5-13-25(26)32(39-34)18-30(22)37-29;/h1-20,37,40H;/q;+2. The third-order valence-electron chi connectivity index (χ3n) is 8.12. The maximum atomic E-state index is 5.17. The average Bonchev–Trinajstić information content (AvgIpc) is 3.73. The fraction of sp³-hybridized carbons (Fsp3) is 0. The molecule has 2 aliphatic heterocycles. The second-order valence-electron chi connectivity index (χ2n) is 10.4. The molecule has 2 N–H and O–H groups in total. The van der Waals surface area contributed by atoms with Crippen molar-refractivity contribution in [2.24, 2.45) is 0 Å². The van der Waals surface area contributed by atoms with E-state index in [9.17, 15) is 0 Å². The number of hydrogen-bond acceptors (Lipinski definition) is 2. The van der Waals surface area contributed by atoms with Crippen molar-refractivity contribution in [3.8, 4) is 45.0 Å². The van der Waals surface area contributed by atoms with E-state index < -0.39 is 0 Å². The van der Waals surface area contributed by atoms with Gasteiger partial charge in [-0.3, -0.25) is 0 Å². The Bertz CT molecular complexity index is 2020. The van der Waals surface area contributed by atoms with E-state index in [0.717, 1.165) is 88.6 Å². The molecule has 9 rings (SSSR count). The van der Waals surface area contributed by atoms with E-state index in [1.807, 2.05) is 0 Å².